The van der Waals surface area contributed by atoms with Crippen LogP contribution < -0.4 is 5.32 Å². The molecule has 2 atom stereocenters. The van der Waals surface area contributed by atoms with E-state index in [2.05, 4.69) is 5.32 Å². The fourth-order valence-electron chi connectivity index (χ4n) is 6.06. The first-order chi connectivity index (χ1) is 20.4. The number of halogens is 4. The predicted octanol–water partition coefficient (Wildman–Crippen LogP) is 6.30. The van der Waals surface area contributed by atoms with Gasteiger partial charge in [0.2, 0.25) is 11.8 Å². The van der Waals surface area contributed by atoms with Gasteiger partial charge in [0.05, 0.1) is 10.8 Å². The molecule has 2 unspecified atom stereocenters. The standard InChI is InChI=1S/C31H36F4N4O3S/c1-19(2)10-16-39-28(41)25(43-29(39)27-22(31(33,34)35)7-5-8-23(27)32)18-26(40)37-14-12-21(13-15-37)38-17-11-20-6-3-4-9-24(20)36-30(38)42/h3-9,19,21,25,29H,10-18H2,1-2H3,(H,36,42). The van der Waals surface area contributed by atoms with Gasteiger partial charge in [-0.25, -0.2) is 9.18 Å². The van der Waals surface area contributed by atoms with Crippen LogP contribution in [0.25, 0.3) is 0 Å². The zero-order valence-electron chi connectivity index (χ0n) is 24.2. The average molecular weight is 621 g/mol. The number of anilines is 1. The minimum absolute atomic E-state index is 0.0430. The smallest absolute Gasteiger partial charge is 0.342 e. The number of nitrogens with zero attached hydrogens (tertiary/aromatic N) is 3. The number of hydrogen-bond acceptors (Lipinski definition) is 4. The quantitative estimate of drug-likeness (QED) is 0.369. The molecule has 0 saturated carbocycles. The Kier molecular flexibility index (Phi) is 9.24. The molecule has 0 radical (unpaired) electrons. The number of hydrogen-bond donors (Lipinski definition) is 1. The Labute approximate surface area is 253 Å². The second kappa shape index (κ2) is 12.8. The first-order valence-electron chi connectivity index (χ1n) is 14.7. The van der Waals surface area contributed by atoms with E-state index in [1.54, 1.807) is 4.90 Å². The van der Waals surface area contributed by atoms with Gasteiger partial charge in [0.1, 0.15) is 11.2 Å². The van der Waals surface area contributed by atoms with Crippen LogP contribution in [0.5, 0.6) is 0 Å². The van der Waals surface area contributed by atoms with Gasteiger partial charge in [0.25, 0.3) is 0 Å². The zero-order chi connectivity index (χ0) is 30.9. The number of benzene rings is 2. The fraction of sp³-hybridized carbons (Fsp3) is 0.516. The van der Waals surface area contributed by atoms with E-state index in [9.17, 15) is 31.9 Å². The van der Waals surface area contributed by atoms with Crippen LogP contribution >= 0.6 is 11.8 Å². The van der Waals surface area contributed by atoms with Crippen LogP contribution in [-0.4, -0.2) is 70.0 Å². The number of fused-ring (bicyclic) bond motifs is 1. The highest BCUT2D eigenvalue weighted by Crippen LogP contribution is 2.49. The molecule has 3 aliphatic heterocycles. The molecule has 0 aromatic heterocycles. The molecule has 0 spiro atoms. The second-order valence-corrected chi connectivity index (χ2v) is 13.0. The van der Waals surface area contributed by atoms with Gasteiger partial charge in [0.15, 0.2) is 0 Å². The molecule has 43 heavy (non-hydrogen) atoms. The largest absolute Gasteiger partial charge is 0.416 e. The Bertz CT molecular complexity index is 1360. The normalized spacial score (nSPS) is 21.7. The van der Waals surface area contributed by atoms with Gasteiger partial charge in [-0.1, -0.05) is 38.1 Å². The van der Waals surface area contributed by atoms with E-state index < -0.39 is 39.7 Å². The number of carbonyl (C=O) groups excluding carboxylic acids is 3. The van der Waals surface area contributed by atoms with Crippen LogP contribution in [0.1, 0.15) is 61.6 Å². The zero-order valence-corrected chi connectivity index (χ0v) is 25.0. The first-order valence-corrected chi connectivity index (χ1v) is 15.6. The van der Waals surface area contributed by atoms with Crippen LogP contribution in [0.2, 0.25) is 0 Å². The molecule has 0 bridgehead atoms. The van der Waals surface area contributed by atoms with Crippen molar-refractivity contribution in [3.05, 3.63) is 65.0 Å². The van der Waals surface area contributed by atoms with Crippen molar-refractivity contribution in [1.29, 1.82) is 0 Å². The van der Waals surface area contributed by atoms with Gasteiger partial charge in [-0.15, -0.1) is 11.8 Å². The van der Waals surface area contributed by atoms with E-state index >= 15 is 0 Å². The number of likely N-dealkylation sites (tertiary alicyclic amines) is 1. The Balaban J connectivity index is 1.25. The Morgan fingerprint density at radius 3 is 2.47 bits per heavy atom. The van der Waals surface area contributed by atoms with Gasteiger partial charge in [-0.3, -0.25) is 9.59 Å². The van der Waals surface area contributed by atoms with Crippen molar-refractivity contribution < 1.29 is 31.9 Å². The van der Waals surface area contributed by atoms with Gasteiger partial charge in [0, 0.05) is 49.9 Å². The molecule has 12 heteroatoms. The summed E-state index contributed by atoms with van der Waals surface area (Å²) in [5, 5.41) is 0.877. The number of thioether (sulfide) groups is 1. The van der Waals surface area contributed by atoms with Crippen LogP contribution in [0, 0.1) is 11.7 Å². The van der Waals surface area contributed by atoms with Crippen molar-refractivity contribution in [2.24, 2.45) is 5.92 Å². The summed E-state index contributed by atoms with van der Waals surface area (Å²) >= 11 is 0.916. The Hall–Kier alpha value is -3.28. The third-order valence-electron chi connectivity index (χ3n) is 8.45. The minimum Gasteiger partial charge on any atom is -0.342 e. The molecule has 2 aromatic carbocycles. The van der Waals surface area contributed by atoms with Crippen LogP contribution in [-0.2, 0) is 22.2 Å². The molecule has 5 rings (SSSR count). The molecule has 2 fully saturated rings. The number of alkyl halides is 3. The molecule has 3 heterocycles. The number of urea groups is 1. The summed E-state index contributed by atoms with van der Waals surface area (Å²) in [5.74, 6) is -1.57. The van der Waals surface area contributed by atoms with Crippen LogP contribution in [0.3, 0.4) is 0 Å². The molecule has 232 valence electrons. The van der Waals surface area contributed by atoms with E-state index in [4.69, 9.17) is 0 Å². The average Bonchev–Trinajstić information content (AvgIpc) is 3.15. The second-order valence-electron chi connectivity index (χ2n) is 11.7. The topological polar surface area (TPSA) is 73.0 Å². The van der Waals surface area contributed by atoms with Gasteiger partial charge >= 0.3 is 12.2 Å². The van der Waals surface area contributed by atoms with Gasteiger partial charge < -0.3 is 20.0 Å². The SMILES string of the molecule is CC(C)CCN1C(=O)C(CC(=O)N2CCC(N3CCc4ccccc4NC3=O)CC2)SC1c1c(F)cccc1C(F)(F)F. The summed E-state index contributed by atoms with van der Waals surface area (Å²) in [6.07, 6.45) is -2.57. The lowest BCUT2D eigenvalue weighted by atomic mass is 10.0. The van der Waals surface area contributed by atoms with E-state index in [1.165, 1.54) is 4.90 Å². The molecule has 4 amide bonds. The number of piperidine rings is 1. The highest BCUT2D eigenvalue weighted by atomic mass is 32.2. The molecular weight excluding hydrogens is 584 g/mol. The van der Waals surface area contributed by atoms with Gasteiger partial charge in [-0.2, -0.15) is 13.2 Å². The highest BCUT2D eigenvalue weighted by molar-refractivity contribution is 8.01. The van der Waals surface area contributed by atoms with Gasteiger partial charge in [-0.05, 0) is 55.4 Å². The maximum Gasteiger partial charge on any atom is 0.416 e. The van der Waals surface area contributed by atoms with E-state index in [0.717, 1.165) is 47.6 Å². The number of rotatable bonds is 7. The number of carbonyl (C=O) groups is 3. The molecule has 3 aliphatic rings. The molecule has 0 aliphatic carbocycles. The maximum absolute atomic E-state index is 15.0. The van der Waals surface area contributed by atoms with E-state index in [-0.39, 0.29) is 36.9 Å². The number of nitrogens with one attached hydrogen (secondary N) is 1. The van der Waals surface area contributed by atoms with E-state index in [1.807, 2.05) is 43.0 Å². The lowest BCUT2D eigenvalue weighted by Gasteiger charge is -2.38. The monoisotopic (exact) mass is 620 g/mol. The van der Waals surface area contributed by atoms with E-state index in [0.29, 0.717) is 38.9 Å². The van der Waals surface area contributed by atoms with Crippen molar-refractivity contribution in [3.63, 3.8) is 0 Å². The maximum atomic E-state index is 15.0. The molecular formula is C31H36F4N4O3S. The summed E-state index contributed by atoms with van der Waals surface area (Å²) < 4.78 is 56.6. The van der Waals surface area contributed by atoms with Crippen LogP contribution in [0.15, 0.2) is 42.5 Å². The summed E-state index contributed by atoms with van der Waals surface area (Å²) in [5.41, 5.74) is 0.204. The molecule has 7 nitrogen and oxygen atoms in total. The summed E-state index contributed by atoms with van der Waals surface area (Å²) in [6.45, 7) is 5.41. The molecule has 2 saturated heterocycles. The highest BCUT2D eigenvalue weighted by Gasteiger charge is 2.47. The summed E-state index contributed by atoms with van der Waals surface area (Å²) in [6, 6.07) is 10.3. The van der Waals surface area contributed by atoms with Crippen molar-refractivity contribution in [1.82, 2.24) is 14.7 Å². The number of amides is 4. The Morgan fingerprint density at radius 2 is 1.77 bits per heavy atom. The molecule has 2 aromatic rings. The number of para-hydroxylation sites is 1. The van der Waals surface area contributed by atoms with Crippen molar-refractivity contribution >= 4 is 35.3 Å². The van der Waals surface area contributed by atoms with Crippen molar-refractivity contribution in [2.45, 2.75) is 68.8 Å². The van der Waals surface area contributed by atoms with Crippen molar-refractivity contribution in [2.75, 3.05) is 31.5 Å². The van der Waals surface area contributed by atoms with Crippen molar-refractivity contribution in [3.8, 4) is 0 Å². The fourth-order valence-corrected chi connectivity index (χ4v) is 7.59. The van der Waals surface area contributed by atoms with Crippen LogP contribution in [0.4, 0.5) is 28.0 Å². The lowest BCUT2D eigenvalue weighted by molar-refractivity contribution is -0.140. The minimum atomic E-state index is -4.80. The molecule has 1 N–H and O–H groups in total. The summed E-state index contributed by atoms with van der Waals surface area (Å²) in [4.78, 5) is 44.6. The predicted molar refractivity (Wildman–Crippen MR) is 157 cm³/mol. The third kappa shape index (κ3) is 6.78. The third-order valence-corrected chi connectivity index (χ3v) is 9.89. The Morgan fingerprint density at radius 1 is 1.05 bits per heavy atom. The first kappa shape index (κ1) is 31.2. The lowest BCUT2D eigenvalue weighted by Crippen LogP contribution is -2.50. The summed E-state index contributed by atoms with van der Waals surface area (Å²) in [7, 11) is 0.